The standard InChI is InChI=1S/C8H15/c1-3-5-7-8-6-4-2/h3,5,8H,4,6-7H2,1-2H3/b5-3+. The SMILES string of the molecule is C/C=C/C[CH]CCC. The second kappa shape index (κ2) is 6.74. The predicted molar refractivity (Wildman–Crippen MR) is 38.6 cm³/mol. The topological polar surface area (TPSA) is 0 Å². The number of unbranched alkanes of at least 4 members (excludes halogenated alkanes) is 3. The normalized spacial score (nSPS) is 10.8. The second-order valence-electron chi connectivity index (χ2n) is 1.88. The van der Waals surface area contributed by atoms with Crippen molar-refractivity contribution >= 4 is 0 Å². The molecule has 1 radical (unpaired) electrons. The van der Waals surface area contributed by atoms with Gasteiger partial charge in [-0.25, -0.2) is 0 Å². The molecule has 47 valence electrons. The number of hydrogen-bond donors (Lipinski definition) is 0. The maximum absolute atomic E-state index is 2.31. The van der Waals surface area contributed by atoms with Gasteiger partial charge in [0.05, 0.1) is 0 Å². The minimum absolute atomic E-state index is 1.14. The van der Waals surface area contributed by atoms with E-state index < -0.39 is 0 Å². The number of allylic oxidation sites excluding steroid dienone is 2. The van der Waals surface area contributed by atoms with Crippen LogP contribution in [-0.2, 0) is 0 Å². The van der Waals surface area contributed by atoms with Crippen LogP contribution in [0.1, 0.15) is 33.1 Å². The van der Waals surface area contributed by atoms with Gasteiger partial charge in [0.15, 0.2) is 0 Å². The highest BCUT2D eigenvalue weighted by atomic mass is 13.8. The van der Waals surface area contributed by atoms with Gasteiger partial charge in [0.1, 0.15) is 0 Å². The van der Waals surface area contributed by atoms with Crippen molar-refractivity contribution in [3.05, 3.63) is 18.6 Å². The lowest BCUT2D eigenvalue weighted by molar-refractivity contribution is 0.873. The Morgan fingerprint density at radius 3 is 2.62 bits per heavy atom. The van der Waals surface area contributed by atoms with Crippen molar-refractivity contribution < 1.29 is 0 Å². The van der Waals surface area contributed by atoms with Crippen molar-refractivity contribution in [1.29, 1.82) is 0 Å². The Labute approximate surface area is 52.6 Å². The van der Waals surface area contributed by atoms with Gasteiger partial charge in [-0.2, -0.15) is 0 Å². The average Bonchev–Trinajstić information content (AvgIpc) is 1.81. The molecule has 0 heteroatoms. The monoisotopic (exact) mass is 111 g/mol. The largest absolute Gasteiger partial charge is 0.0917 e. The molecule has 0 saturated carbocycles. The van der Waals surface area contributed by atoms with Crippen LogP contribution in [0, 0.1) is 6.42 Å². The van der Waals surface area contributed by atoms with E-state index in [2.05, 4.69) is 32.4 Å². The van der Waals surface area contributed by atoms with E-state index in [1.54, 1.807) is 0 Å². The molecule has 0 unspecified atom stereocenters. The second-order valence-corrected chi connectivity index (χ2v) is 1.88. The molecule has 8 heavy (non-hydrogen) atoms. The maximum Gasteiger partial charge on any atom is -0.0320 e. The van der Waals surface area contributed by atoms with E-state index >= 15 is 0 Å². The fourth-order valence-corrected chi connectivity index (χ4v) is 0.554. The third-order valence-corrected chi connectivity index (χ3v) is 1.03. The molecule has 0 heterocycles. The van der Waals surface area contributed by atoms with Crippen LogP contribution in [0.15, 0.2) is 12.2 Å². The Bertz CT molecular complexity index is 53.1. The minimum Gasteiger partial charge on any atom is -0.0917 e. The van der Waals surface area contributed by atoms with Gasteiger partial charge >= 0.3 is 0 Å². The molecule has 0 fully saturated rings. The van der Waals surface area contributed by atoms with Crippen molar-refractivity contribution in [3.8, 4) is 0 Å². The lowest BCUT2D eigenvalue weighted by atomic mass is 10.2. The van der Waals surface area contributed by atoms with Crippen molar-refractivity contribution in [2.45, 2.75) is 33.1 Å². The van der Waals surface area contributed by atoms with Gasteiger partial charge < -0.3 is 0 Å². The van der Waals surface area contributed by atoms with E-state index in [-0.39, 0.29) is 0 Å². The fourth-order valence-electron chi connectivity index (χ4n) is 0.554. The number of rotatable bonds is 4. The molecule has 0 aliphatic heterocycles. The van der Waals surface area contributed by atoms with Crippen LogP contribution < -0.4 is 0 Å². The highest BCUT2D eigenvalue weighted by Gasteiger charge is 1.79. The summed E-state index contributed by atoms with van der Waals surface area (Å²) in [4.78, 5) is 0. The molecular formula is C8H15. The van der Waals surface area contributed by atoms with E-state index in [9.17, 15) is 0 Å². The van der Waals surface area contributed by atoms with Crippen LogP contribution in [0.4, 0.5) is 0 Å². The summed E-state index contributed by atoms with van der Waals surface area (Å²) in [5.74, 6) is 0. The summed E-state index contributed by atoms with van der Waals surface area (Å²) in [6.45, 7) is 4.26. The molecule has 0 aliphatic carbocycles. The Hall–Kier alpha value is -0.260. The molecule has 0 nitrogen and oxygen atoms in total. The molecule has 0 saturated heterocycles. The van der Waals surface area contributed by atoms with Crippen LogP contribution in [0.25, 0.3) is 0 Å². The summed E-state index contributed by atoms with van der Waals surface area (Å²) < 4.78 is 0. The quantitative estimate of drug-likeness (QED) is 0.386. The average molecular weight is 111 g/mol. The van der Waals surface area contributed by atoms with Gasteiger partial charge in [-0.15, -0.1) is 0 Å². The van der Waals surface area contributed by atoms with Gasteiger partial charge in [-0.3, -0.25) is 0 Å². The zero-order valence-electron chi connectivity index (χ0n) is 5.85. The van der Waals surface area contributed by atoms with Gasteiger partial charge in [0.2, 0.25) is 0 Å². The summed E-state index contributed by atoms with van der Waals surface area (Å²) >= 11 is 0. The van der Waals surface area contributed by atoms with Crippen molar-refractivity contribution in [2.24, 2.45) is 0 Å². The summed E-state index contributed by atoms with van der Waals surface area (Å²) in [7, 11) is 0. The molecule has 0 atom stereocenters. The van der Waals surface area contributed by atoms with Gasteiger partial charge in [0, 0.05) is 0 Å². The van der Waals surface area contributed by atoms with Crippen LogP contribution in [0.5, 0.6) is 0 Å². The first-order chi connectivity index (χ1) is 3.91. The molecule has 0 aliphatic rings. The molecule has 0 spiro atoms. The third-order valence-electron chi connectivity index (χ3n) is 1.03. The molecule has 0 bridgehead atoms. The Morgan fingerprint density at radius 1 is 1.38 bits per heavy atom. The summed E-state index contributed by atoms with van der Waals surface area (Å²) in [6.07, 6.45) is 10.2. The molecular weight excluding hydrogens is 96.1 g/mol. The van der Waals surface area contributed by atoms with Crippen LogP contribution in [-0.4, -0.2) is 0 Å². The maximum atomic E-state index is 2.31. The van der Waals surface area contributed by atoms with Crippen LogP contribution in [0.3, 0.4) is 0 Å². The molecule has 0 aromatic rings. The first kappa shape index (κ1) is 7.74. The third kappa shape index (κ3) is 5.74. The minimum atomic E-state index is 1.14. The molecule has 0 amide bonds. The Balaban J connectivity index is 2.72. The van der Waals surface area contributed by atoms with E-state index in [0.717, 1.165) is 6.42 Å². The zero-order chi connectivity index (χ0) is 6.24. The van der Waals surface area contributed by atoms with E-state index in [0.29, 0.717) is 0 Å². The Kier molecular flexibility index (Phi) is 6.52. The highest BCUT2D eigenvalue weighted by molar-refractivity contribution is 4.83. The first-order valence-corrected chi connectivity index (χ1v) is 3.34. The van der Waals surface area contributed by atoms with Crippen molar-refractivity contribution in [2.75, 3.05) is 0 Å². The first-order valence-electron chi connectivity index (χ1n) is 3.34. The van der Waals surface area contributed by atoms with Crippen LogP contribution >= 0.6 is 0 Å². The van der Waals surface area contributed by atoms with Crippen molar-refractivity contribution in [1.82, 2.24) is 0 Å². The lowest BCUT2D eigenvalue weighted by Gasteiger charge is -1.88. The summed E-state index contributed by atoms with van der Waals surface area (Å²) in [6, 6.07) is 0. The van der Waals surface area contributed by atoms with E-state index in [1.165, 1.54) is 12.8 Å². The van der Waals surface area contributed by atoms with Gasteiger partial charge in [0.25, 0.3) is 0 Å². The molecule has 0 aromatic carbocycles. The zero-order valence-corrected chi connectivity index (χ0v) is 5.85. The van der Waals surface area contributed by atoms with E-state index in [1.807, 2.05) is 0 Å². The lowest BCUT2D eigenvalue weighted by Crippen LogP contribution is -1.70. The molecule has 0 rings (SSSR count). The fraction of sp³-hybridized carbons (Fsp3) is 0.625. The summed E-state index contributed by atoms with van der Waals surface area (Å²) in [5.41, 5.74) is 0. The van der Waals surface area contributed by atoms with Crippen LogP contribution in [0.2, 0.25) is 0 Å². The Morgan fingerprint density at radius 2 is 2.12 bits per heavy atom. The van der Waals surface area contributed by atoms with Crippen molar-refractivity contribution in [3.63, 3.8) is 0 Å². The van der Waals surface area contributed by atoms with Gasteiger partial charge in [-0.05, 0) is 19.8 Å². The predicted octanol–water partition coefficient (Wildman–Crippen LogP) is 2.96. The van der Waals surface area contributed by atoms with E-state index in [4.69, 9.17) is 0 Å². The molecule has 0 N–H and O–H groups in total. The molecule has 0 aromatic heterocycles. The smallest absolute Gasteiger partial charge is 0.0320 e. The van der Waals surface area contributed by atoms with Gasteiger partial charge in [-0.1, -0.05) is 31.9 Å². The summed E-state index contributed by atoms with van der Waals surface area (Å²) in [5, 5.41) is 0. The highest BCUT2D eigenvalue weighted by Crippen LogP contribution is 1.96. The number of hydrogen-bond acceptors (Lipinski definition) is 0.